The van der Waals surface area contributed by atoms with E-state index in [1.165, 1.54) is 11.9 Å². The molecule has 150 valence electrons. The maximum absolute atomic E-state index is 13.5. The Morgan fingerprint density at radius 3 is 2.37 bits per heavy atom. The van der Waals surface area contributed by atoms with Crippen LogP contribution in [0, 0.1) is 16.0 Å². The van der Waals surface area contributed by atoms with Gasteiger partial charge in [-0.25, -0.2) is 4.79 Å². The molecular formula is C17H22F3N3O4. The predicted molar refractivity (Wildman–Crippen MR) is 93.0 cm³/mol. The summed E-state index contributed by atoms with van der Waals surface area (Å²) in [7, 11) is 1.48. The van der Waals surface area contributed by atoms with Crippen molar-refractivity contribution in [2.45, 2.75) is 45.3 Å². The van der Waals surface area contributed by atoms with Crippen LogP contribution in [-0.2, 0) is 6.18 Å². The van der Waals surface area contributed by atoms with Crippen LogP contribution >= 0.6 is 0 Å². The van der Waals surface area contributed by atoms with E-state index in [1.807, 2.05) is 0 Å². The maximum Gasteiger partial charge on any atom is 0.418 e. The Bertz CT molecular complexity index is 740. The smallest absolute Gasteiger partial charge is 0.403 e. The molecule has 1 N–H and O–H groups in total. The Labute approximate surface area is 154 Å². The number of alkyl halides is 3. The van der Waals surface area contributed by atoms with Crippen LogP contribution in [0.2, 0.25) is 0 Å². The van der Waals surface area contributed by atoms with Crippen molar-refractivity contribution in [3.63, 3.8) is 0 Å². The van der Waals surface area contributed by atoms with E-state index in [9.17, 15) is 28.1 Å². The van der Waals surface area contributed by atoms with Crippen LogP contribution in [-0.4, -0.2) is 30.1 Å². The number of halogens is 3. The first-order chi connectivity index (χ1) is 12.3. The molecule has 1 saturated carbocycles. The van der Waals surface area contributed by atoms with Gasteiger partial charge in [0.15, 0.2) is 0 Å². The van der Waals surface area contributed by atoms with Crippen molar-refractivity contribution in [2.75, 3.05) is 18.5 Å². The number of carbonyl (C=O) groups is 1. The van der Waals surface area contributed by atoms with Crippen molar-refractivity contribution in [1.29, 1.82) is 0 Å². The Hall–Kier alpha value is -2.52. The molecule has 27 heavy (non-hydrogen) atoms. The molecule has 0 saturated heterocycles. The van der Waals surface area contributed by atoms with Crippen molar-refractivity contribution < 1.29 is 27.6 Å². The lowest BCUT2D eigenvalue weighted by atomic mass is 10.1. The van der Waals surface area contributed by atoms with Crippen LogP contribution in [0.5, 0.6) is 5.75 Å². The van der Waals surface area contributed by atoms with E-state index in [0.717, 1.165) is 18.9 Å². The van der Waals surface area contributed by atoms with Gasteiger partial charge >= 0.3 is 18.0 Å². The number of benzene rings is 1. The van der Waals surface area contributed by atoms with Crippen LogP contribution in [0.3, 0.4) is 0 Å². The summed E-state index contributed by atoms with van der Waals surface area (Å²) in [5.74, 6) is -0.243. The lowest BCUT2D eigenvalue weighted by Gasteiger charge is -2.24. The largest absolute Gasteiger partial charge is 0.418 e. The van der Waals surface area contributed by atoms with Gasteiger partial charge in [-0.2, -0.15) is 13.2 Å². The lowest BCUT2D eigenvalue weighted by Crippen LogP contribution is -2.42. The summed E-state index contributed by atoms with van der Waals surface area (Å²) in [6, 6.07) is 1.32. The normalized spacial score (nSPS) is 14.6. The van der Waals surface area contributed by atoms with Crippen molar-refractivity contribution in [3.05, 3.63) is 27.8 Å². The van der Waals surface area contributed by atoms with Gasteiger partial charge in [0.1, 0.15) is 0 Å². The first kappa shape index (κ1) is 20.8. The molecule has 0 aliphatic heterocycles. The van der Waals surface area contributed by atoms with Crippen molar-refractivity contribution in [3.8, 4) is 5.75 Å². The predicted octanol–water partition coefficient (Wildman–Crippen LogP) is 4.35. The molecule has 0 atom stereocenters. The van der Waals surface area contributed by atoms with E-state index in [2.05, 4.69) is 5.32 Å². The highest BCUT2D eigenvalue weighted by Crippen LogP contribution is 2.44. The minimum Gasteiger partial charge on any atom is -0.403 e. The van der Waals surface area contributed by atoms with Crippen LogP contribution < -0.4 is 15.0 Å². The summed E-state index contributed by atoms with van der Waals surface area (Å²) in [5.41, 5.74) is -3.00. The van der Waals surface area contributed by atoms with Crippen LogP contribution in [0.25, 0.3) is 0 Å². The number of nitrogens with zero attached hydrogens (tertiary/aromatic N) is 2. The number of ether oxygens (including phenoxy) is 1. The van der Waals surface area contributed by atoms with Crippen molar-refractivity contribution in [2.24, 2.45) is 5.92 Å². The number of hydrogen-bond donors (Lipinski definition) is 1. The molecule has 0 unspecified atom stereocenters. The fourth-order valence-corrected chi connectivity index (χ4v) is 2.54. The van der Waals surface area contributed by atoms with Gasteiger partial charge in [0.25, 0.3) is 0 Å². The zero-order chi connectivity index (χ0) is 20.6. The minimum atomic E-state index is -4.79. The molecule has 0 aromatic heterocycles. The third-order valence-electron chi connectivity index (χ3n) is 3.90. The average Bonchev–Trinajstić information content (AvgIpc) is 3.27. The van der Waals surface area contributed by atoms with Gasteiger partial charge in [0.2, 0.25) is 5.75 Å². The van der Waals surface area contributed by atoms with Crippen molar-refractivity contribution >= 4 is 17.5 Å². The molecule has 1 amide bonds. The van der Waals surface area contributed by atoms with Gasteiger partial charge < -0.3 is 15.0 Å². The molecule has 1 fully saturated rings. The van der Waals surface area contributed by atoms with E-state index < -0.39 is 39.7 Å². The summed E-state index contributed by atoms with van der Waals surface area (Å²) >= 11 is 0. The Morgan fingerprint density at radius 2 is 1.93 bits per heavy atom. The van der Waals surface area contributed by atoms with Gasteiger partial charge in [-0.15, -0.1) is 0 Å². The number of carbonyl (C=O) groups excluding carboxylic acids is 1. The summed E-state index contributed by atoms with van der Waals surface area (Å²) in [6.07, 6.45) is -3.92. The van der Waals surface area contributed by atoms with Gasteiger partial charge in [-0.3, -0.25) is 10.1 Å². The molecule has 0 radical (unpaired) electrons. The van der Waals surface area contributed by atoms with Crippen LogP contribution in [0.1, 0.15) is 39.2 Å². The standard InChI is InChI=1S/C17H22F3N3O4/c1-16(2,3)21-15(24)27-14-8-12(22(4)9-10-5-6-10)11(17(18,19)20)7-13(14)23(25)26/h7-8,10H,5-6,9H2,1-4H3,(H,21,24). The highest BCUT2D eigenvalue weighted by atomic mass is 19.4. The summed E-state index contributed by atoms with van der Waals surface area (Å²) < 4.78 is 45.3. The fraction of sp³-hybridized carbons (Fsp3) is 0.588. The van der Waals surface area contributed by atoms with E-state index in [4.69, 9.17) is 4.74 Å². The first-order valence-corrected chi connectivity index (χ1v) is 8.38. The van der Waals surface area contributed by atoms with Crippen LogP contribution in [0.4, 0.5) is 29.3 Å². The third kappa shape index (κ3) is 5.73. The van der Waals surface area contributed by atoms with Gasteiger partial charge in [-0.05, 0) is 39.5 Å². The van der Waals surface area contributed by atoms with Crippen molar-refractivity contribution in [1.82, 2.24) is 5.32 Å². The van der Waals surface area contributed by atoms with Gasteiger partial charge in [0.05, 0.1) is 16.2 Å². The molecule has 0 bridgehead atoms. The monoisotopic (exact) mass is 389 g/mol. The van der Waals surface area contributed by atoms with Gasteiger partial charge in [-0.1, -0.05) is 0 Å². The molecule has 1 aliphatic rings. The molecule has 0 heterocycles. The Morgan fingerprint density at radius 1 is 1.33 bits per heavy atom. The van der Waals surface area contributed by atoms with E-state index in [1.54, 1.807) is 20.8 Å². The number of hydrogen-bond acceptors (Lipinski definition) is 5. The summed E-state index contributed by atoms with van der Waals surface area (Å²) in [4.78, 5) is 23.6. The fourth-order valence-electron chi connectivity index (χ4n) is 2.54. The zero-order valence-corrected chi connectivity index (χ0v) is 15.5. The van der Waals surface area contributed by atoms with E-state index in [-0.39, 0.29) is 5.69 Å². The number of amides is 1. The number of rotatable bonds is 5. The number of nitro benzene ring substituents is 1. The van der Waals surface area contributed by atoms with Gasteiger partial charge in [0, 0.05) is 31.3 Å². The number of nitrogens with one attached hydrogen (secondary N) is 1. The van der Waals surface area contributed by atoms with Crippen LogP contribution in [0.15, 0.2) is 12.1 Å². The van der Waals surface area contributed by atoms with E-state index in [0.29, 0.717) is 18.5 Å². The second-order valence-corrected chi connectivity index (χ2v) is 7.68. The van der Waals surface area contributed by atoms with E-state index >= 15 is 0 Å². The SMILES string of the molecule is CN(CC1CC1)c1cc(OC(=O)NC(C)(C)C)c([N+](=O)[O-])cc1C(F)(F)F. The molecule has 2 rings (SSSR count). The topological polar surface area (TPSA) is 84.7 Å². The molecular weight excluding hydrogens is 367 g/mol. The highest BCUT2D eigenvalue weighted by Gasteiger charge is 2.39. The zero-order valence-electron chi connectivity index (χ0n) is 15.5. The summed E-state index contributed by atoms with van der Waals surface area (Å²) in [5, 5.41) is 13.7. The maximum atomic E-state index is 13.5. The molecule has 1 aromatic carbocycles. The number of anilines is 1. The second kappa shape index (κ2) is 7.24. The molecule has 0 spiro atoms. The quantitative estimate of drug-likeness (QED) is 0.598. The Kier molecular flexibility index (Phi) is 5.58. The highest BCUT2D eigenvalue weighted by molar-refractivity contribution is 5.75. The lowest BCUT2D eigenvalue weighted by molar-refractivity contribution is -0.385. The molecule has 10 heteroatoms. The first-order valence-electron chi connectivity index (χ1n) is 8.38. The Balaban J connectivity index is 2.47. The average molecular weight is 389 g/mol. The summed E-state index contributed by atoms with van der Waals surface area (Å²) in [6.45, 7) is 5.40. The number of nitro groups is 1. The molecule has 7 nitrogen and oxygen atoms in total. The molecule has 1 aliphatic carbocycles. The second-order valence-electron chi connectivity index (χ2n) is 7.68. The minimum absolute atomic E-state index is 0.265. The third-order valence-corrected chi connectivity index (χ3v) is 3.90. The molecule has 1 aromatic rings.